The van der Waals surface area contributed by atoms with Gasteiger partial charge in [0.2, 0.25) is 0 Å². The number of nitrogens with zero attached hydrogens (tertiary/aromatic N) is 1. The molecule has 2 aromatic rings. The van der Waals surface area contributed by atoms with Gasteiger partial charge in [0, 0.05) is 32.0 Å². The van der Waals surface area contributed by atoms with E-state index in [-0.39, 0.29) is 18.3 Å². The van der Waals surface area contributed by atoms with Crippen molar-refractivity contribution in [2.45, 2.75) is 19.7 Å². The van der Waals surface area contributed by atoms with Crippen molar-refractivity contribution in [3.63, 3.8) is 0 Å². The van der Waals surface area contributed by atoms with Gasteiger partial charge < -0.3 is 15.8 Å². The third-order valence-electron chi connectivity index (χ3n) is 3.15. The smallest absolute Gasteiger partial charge is 0.251 e. The second kappa shape index (κ2) is 9.15. The van der Waals surface area contributed by atoms with Crippen molar-refractivity contribution in [1.29, 1.82) is 0 Å². The number of methoxy groups -OCH3 is 1. The number of ether oxygens (including phenoxy) is 1. The summed E-state index contributed by atoms with van der Waals surface area (Å²) < 4.78 is 5.16. The molecule has 118 valence electrons. The third kappa shape index (κ3) is 4.80. The van der Waals surface area contributed by atoms with E-state index in [1.807, 2.05) is 24.3 Å². The van der Waals surface area contributed by atoms with E-state index in [2.05, 4.69) is 10.3 Å². The van der Waals surface area contributed by atoms with Crippen LogP contribution in [0.5, 0.6) is 0 Å². The number of carbonyl (C=O) groups is 1. The Kier molecular flexibility index (Phi) is 7.52. The standard InChI is InChI=1S/C16H19N3O2.ClH/c1-21-11-14-5-3-2-4-13(14)10-19-16(20)12-6-7-18-15(8-12)9-17;/h2-8H,9-11,17H2,1H3,(H,19,20);1H. The lowest BCUT2D eigenvalue weighted by molar-refractivity contribution is 0.0950. The Balaban J connectivity index is 0.00000242. The van der Waals surface area contributed by atoms with E-state index in [1.165, 1.54) is 0 Å². The highest BCUT2D eigenvalue weighted by atomic mass is 35.5. The second-order valence-electron chi connectivity index (χ2n) is 4.62. The number of hydrogen-bond acceptors (Lipinski definition) is 4. The summed E-state index contributed by atoms with van der Waals surface area (Å²) in [7, 11) is 1.65. The van der Waals surface area contributed by atoms with E-state index < -0.39 is 0 Å². The van der Waals surface area contributed by atoms with Crippen molar-refractivity contribution >= 4 is 18.3 Å². The van der Waals surface area contributed by atoms with E-state index in [9.17, 15) is 4.79 Å². The third-order valence-corrected chi connectivity index (χ3v) is 3.15. The molecule has 1 aromatic carbocycles. The highest BCUT2D eigenvalue weighted by Crippen LogP contribution is 2.10. The highest BCUT2D eigenvalue weighted by Gasteiger charge is 2.08. The molecule has 6 heteroatoms. The molecule has 0 unspecified atom stereocenters. The number of nitrogens with one attached hydrogen (secondary N) is 1. The number of pyridine rings is 1. The molecule has 0 spiro atoms. The molecule has 0 aliphatic rings. The Morgan fingerprint density at radius 2 is 2.00 bits per heavy atom. The quantitative estimate of drug-likeness (QED) is 0.853. The van der Waals surface area contributed by atoms with Crippen molar-refractivity contribution in [2.75, 3.05) is 7.11 Å². The number of aromatic nitrogens is 1. The van der Waals surface area contributed by atoms with Gasteiger partial charge in [0.25, 0.3) is 5.91 Å². The minimum Gasteiger partial charge on any atom is -0.380 e. The van der Waals surface area contributed by atoms with Crippen molar-refractivity contribution in [1.82, 2.24) is 10.3 Å². The van der Waals surface area contributed by atoms with Gasteiger partial charge in [0.05, 0.1) is 12.3 Å². The average molecular weight is 322 g/mol. The first-order valence-corrected chi connectivity index (χ1v) is 6.73. The van der Waals surface area contributed by atoms with Gasteiger partial charge in [-0.3, -0.25) is 9.78 Å². The fourth-order valence-electron chi connectivity index (χ4n) is 2.03. The van der Waals surface area contributed by atoms with Gasteiger partial charge in [-0.2, -0.15) is 0 Å². The van der Waals surface area contributed by atoms with Crippen LogP contribution in [0.15, 0.2) is 42.6 Å². The van der Waals surface area contributed by atoms with Gasteiger partial charge in [-0.05, 0) is 23.3 Å². The van der Waals surface area contributed by atoms with Gasteiger partial charge in [-0.15, -0.1) is 12.4 Å². The number of nitrogens with two attached hydrogens (primary N) is 1. The fourth-order valence-corrected chi connectivity index (χ4v) is 2.03. The maximum absolute atomic E-state index is 12.1. The first-order chi connectivity index (χ1) is 10.2. The molecule has 0 saturated carbocycles. The fraction of sp³-hybridized carbons (Fsp3) is 0.250. The zero-order chi connectivity index (χ0) is 15.1. The number of amides is 1. The molecule has 1 amide bonds. The monoisotopic (exact) mass is 321 g/mol. The van der Waals surface area contributed by atoms with E-state index in [1.54, 1.807) is 25.4 Å². The molecule has 0 radical (unpaired) electrons. The van der Waals surface area contributed by atoms with Gasteiger partial charge in [0.15, 0.2) is 0 Å². The van der Waals surface area contributed by atoms with Gasteiger partial charge in [-0.25, -0.2) is 0 Å². The van der Waals surface area contributed by atoms with Crippen LogP contribution in [0.1, 0.15) is 27.2 Å². The number of rotatable bonds is 6. The van der Waals surface area contributed by atoms with E-state index in [4.69, 9.17) is 10.5 Å². The van der Waals surface area contributed by atoms with E-state index >= 15 is 0 Å². The summed E-state index contributed by atoms with van der Waals surface area (Å²) in [5.41, 5.74) is 8.90. The molecule has 0 aliphatic carbocycles. The van der Waals surface area contributed by atoms with Crippen molar-refractivity contribution < 1.29 is 9.53 Å². The molecule has 3 N–H and O–H groups in total. The molecule has 0 atom stereocenters. The Morgan fingerprint density at radius 3 is 2.68 bits per heavy atom. The Morgan fingerprint density at radius 1 is 1.27 bits per heavy atom. The molecule has 0 saturated heterocycles. The van der Waals surface area contributed by atoms with Crippen molar-refractivity contribution in [2.24, 2.45) is 5.73 Å². The van der Waals surface area contributed by atoms with Gasteiger partial charge in [0.1, 0.15) is 0 Å². The lowest BCUT2D eigenvalue weighted by atomic mass is 10.1. The van der Waals surface area contributed by atoms with Crippen LogP contribution in [0.4, 0.5) is 0 Å². The predicted octanol–water partition coefficient (Wildman–Crippen LogP) is 2.04. The highest BCUT2D eigenvalue weighted by molar-refractivity contribution is 5.94. The van der Waals surface area contributed by atoms with Crippen LogP contribution in [0.3, 0.4) is 0 Å². The minimum absolute atomic E-state index is 0. The maximum Gasteiger partial charge on any atom is 0.251 e. The summed E-state index contributed by atoms with van der Waals surface area (Å²) in [5, 5.41) is 2.90. The van der Waals surface area contributed by atoms with Crippen molar-refractivity contribution in [3.05, 3.63) is 65.0 Å². The summed E-state index contributed by atoms with van der Waals surface area (Å²) in [6, 6.07) is 11.2. The number of halogens is 1. The van der Waals surface area contributed by atoms with Crippen LogP contribution in [0.25, 0.3) is 0 Å². The second-order valence-corrected chi connectivity index (χ2v) is 4.62. The molecule has 0 bridgehead atoms. The maximum atomic E-state index is 12.1. The molecule has 0 fully saturated rings. The number of carbonyl (C=O) groups excluding carboxylic acids is 1. The lowest BCUT2D eigenvalue weighted by Crippen LogP contribution is -2.23. The SMILES string of the molecule is COCc1ccccc1CNC(=O)c1ccnc(CN)c1.Cl. The molecule has 2 rings (SSSR count). The van der Waals surface area contributed by atoms with E-state index in [0.717, 1.165) is 11.1 Å². The first-order valence-electron chi connectivity index (χ1n) is 6.73. The molecule has 0 aliphatic heterocycles. The molecular formula is C16H20ClN3O2. The summed E-state index contributed by atoms with van der Waals surface area (Å²) in [4.78, 5) is 16.2. The number of hydrogen-bond donors (Lipinski definition) is 2. The summed E-state index contributed by atoms with van der Waals surface area (Å²) in [5.74, 6) is -0.140. The first kappa shape index (κ1) is 18.1. The molecule has 1 heterocycles. The van der Waals surface area contributed by atoms with Crippen LogP contribution >= 0.6 is 12.4 Å². The number of benzene rings is 1. The lowest BCUT2D eigenvalue weighted by Gasteiger charge is -2.10. The Labute approximate surface area is 136 Å². The normalized spacial score (nSPS) is 9.91. The summed E-state index contributed by atoms with van der Waals surface area (Å²) in [6.07, 6.45) is 1.59. The summed E-state index contributed by atoms with van der Waals surface area (Å²) >= 11 is 0. The van der Waals surface area contributed by atoms with Crippen LogP contribution in [0.2, 0.25) is 0 Å². The van der Waals surface area contributed by atoms with Crippen LogP contribution in [-0.2, 0) is 24.4 Å². The molecule has 22 heavy (non-hydrogen) atoms. The van der Waals surface area contributed by atoms with Gasteiger partial charge >= 0.3 is 0 Å². The largest absolute Gasteiger partial charge is 0.380 e. The van der Waals surface area contributed by atoms with Gasteiger partial charge in [-0.1, -0.05) is 24.3 Å². The Hall–Kier alpha value is -1.95. The minimum atomic E-state index is -0.140. The summed E-state index contributed by atoms with van der Waals surface area (Å²) in [6.45, 7) is 1.30. The predicted molar refractivity (Wildman–Crippen MR) is 87.7 cm³/mol. The Bertz CT molecular complexity index is 620. The van der Waals surface area contributed by atoms with Crippen LogP contribution in [0, 0.1) is 0 Å². The molecular weight excluding hydrogens is 302 g/mol. The zero-order valence-corrected chi connectivity index (χ0v) is 13.2. The topological polar surface area (TPSA) is 77.2 Å². The van der Waals surface area contributed by atoms with Crippen molar-refractivity contribution in [3.8, 4) is 0 Å². The molecule has 5 nitrogen and oxygen atoms in total. The van der Waals surface area contributed by atoms with Crippen LogP contribution < -0.4 is 11.1 Å². The zero-order valence-electron chi connectivity index (χ0n) is 12.4. The molecule has 1 aromatic heterocycles. The van der Waals surface area contributed by atoms with Crippen LogP contribution in [-0.4, -0.2) is 18.0 Å². The van der Waals surface area contributed by atoms with E-state index in [0.29, 0.717) is 31.0 Å². The average Bonchev–Trinajstić information content (AvgIpc) is 2.54.